The maximum absolute atomic E-state index is 12.2. The van der Waals surface area contributed by atoms with Crippen molar-refractivity contribution in [2.24, 2.45) is 5.92 Å². The third-order valence-electron chi connectivity index (χ3n) is 3.85. The number of nitrogens with one attached hydrogen (secondary N) is 2. The van der Waals surface area contributed by atoms with Gasteiger partial charge in [-0.3, -0.25) is 4.79 Å². The van der Waals surface area contributed by atoms with Gasteiger partial charge in [-0.05, 0) is 31.2 Å². The molecule has 1 fully saturated rings. The van der Waals surface area contributed by atoms with Crippen molar-refractivity contribution in [1.82, 2.24) is 10.3 Å². The lowest BCUT2D eigenvalue weighted by atomic mass is 10.1. The van der Waals surface area contributed by atoms with Crippen LogP contribution in [-0.4, -0.2) is 38.2 Å². The maximum atomic E-state index is 12.2. The lowest BCUT2D eigenvalue weighted by Gasteiger charge is -2.09. The highest BCUT2D eigenvalue weighted by Gasteiger charge is 2.23. The third-order valence-corrected chi connectivity index (χ3v) is 4.61. The second-order valence-electron chi connectivity index (χ2n) is 5.28. The highest BCUT2D eigenvalue weighted by Crippen LogP contribution is 2.35. The molecule has 1 amide bonds. The summed E-state index contributed by atoms with van der Waals surface area (Å²) in [6.45, 7) is 1.62. The van der Waals surface area contributed by atoms with Crippen LogP contribution in [0.1, 0.15) is 6.42 Å². The van der Waals surface area contributed by atoms with Crippen LogP contribution in [0, 0.1) is 5.92 Å². The van der Waals surface area contributed by atoms with Gasteiger partial charge in [0.2, 0.25) is 5.91 Å². The first-order valence-corrected chi connectivity index (χ1v) is 8.28. The predicted molar refractivity (Wildman–Crippen MR) is 90.3 cm³/mol. The van der Waals surface area contributed by atoms with Crippen LogP contribution in [0.3, 0.4) is 0 Å². The van der Waals surface area contributed by atoms with E-state index in [1.807, 2.05) is 23.6 Å². The minimum atomic E-state index is 0.0218. The number of hydrogen-bond acceptors (Lipinski definition) is 6. The smallest absolute Gasteiger partial charge is 0.230 e. The molecule has 1 aromatic carbocycles. The summed E-state index contributed by atoms with van der Waals surface area (Å²) in [5, 5.41) is 8.59. The van der Waals surface area contributed by atoms with E-state index in [2.05, 4.69) is 15.6 Å². The van der Waals surface area contributed by atoms with E-state index in [9.17, 15) is 4.79 Å². The summed E-state index contributed by atoms with van der Waals surface area (Å²) in [4.78, 5) is 16.7. The van der Waals surface area contributed by atoms with Crippen molar-refractivity contribution >= 4 is 22.4 Å². The molecule has 1 atom stereocenters. The van der Waals surface area contributed by atoms with Crippen molar-refractivity contribution in [3.8, 4) is 22.8 Å². The predicted octanol–water partition coefficient (Wildman–Crippen LogP) is 2.38. The van der Waals surface area contributed by atoms with Crippen molar-refractivity contribution in [2.45, 2.75) is 6.42 Å². The molecule has 2 N–H and O–H groups in total. The molecular formula is C16H19N3O3S. The molecule has 0 spiro atoms. The number of amides is 1. The van der Waals surface area contributed by atoms with E-state index in [-0.39, 0.29) is 11.8 Å². The Morgan fingerprint density at radius 1 is 1.39 bits per heavy atom. The zero-order chi connectivity index (χ0) is 16.2. The summed E-state index contributed by atoms with van der Waals surface area (Å²) in [6, 6.07) is 5.56. The van der Waals surface area contributed by atoms with Crippen LogP contribution in [0.2, 0.25) is 0 Å². The fourth-order valence-corrected chi connectivity index (χ4v) is 3.27. The van der Waals surface area contributed by atoms with E-state index >= 15 is 0 Å². The fourth-order valence-electron chi connectivity index (χ4n) is 2.55. The number of anilines is 1. The summed E-state index contributed by atoms with van der Waals surface area (Å²) in [7, 11) is 3.24. The van der Waals surface area contributed by atoms with Crippen LogP contribution >= 0.6 is 11.3 Å². The number of carbonyl (C=O) groups is 1. The minimum Gasteiger partial charge on any atom is -0.497 e. The number of hydrogen-bond donors (Lipinski definition) is 2. The van der Waals surface area contributed by atoms with Crippen molar-refractivity contribution < 1.29 is 14.3 Å². The first-order valence-electron chi connectivity index (χ1n) is 7.40. The number of rotatable bonds is 5. The van der Waals surface area contributed by atoms with E-state index in [4.69, 9.17) is 9.47 Å². The Hall–Kier alpha value is -2.12. The fraction of sp³-hybridized carbons (Fsp3) is 0.375. The molecule has 0 aliphatic carbocycles. The van der Waals surface area contributed by atoms with Gasteiger partial charge in [-0.25, -0.2) is 4.98 Å². The van der Waals surface area contributed by atoms with E-state index < -0.39 is 0 Å². The molecule has 1 aliphatic heterocycles. The molecule has 1 saturated heterocycles. The van der Waals surface area contributed by atoms with Gasteiger partial charge >= 0.3 is 0 Å². The normalized spacial score (nSPS) is 17.0. The summed E-state index contributed by atoms with van der Waals surface area (Å²) < 4.78 is 10.6. The van der Waals surface area contributed by atoms with Crippen LogP contribution in [-0.2, 0) is 4.79 Å². The van der Waals surface area contributed by atoms with Gasteiger partial charge in [0, 0.05) is 17.5 Å². The Bertz CT molecular complexity index is 696. The Labute approximate surface area is 138 Å². The van der Waals surface area contributed by atoms with E-state index in [0.717, 1.165) is 36.5 Å². The maximum Gasteiger partial charge on any atom is 0.230 e. The lowest BCUT2D eigenvalue weighted by molar-refractivity contribution is -0.119. The van der Waals surface area contributed by atoms with Gasteiger partial charge < -0.3 is 20.1 Å². The number of ether oxygens (including phenoxy) is 2. The monoisotopic (exact) mass is 333 g/mol. The van der Waals surface area contributed by atoms with Crippen molar-refractivity contribution in [3.05, 3.63) is 23.6 Å². The Kier molecular flexibility index (Phi) is 4.78. The van der Waals surface area contributed by atoms with Gasteiger partial charge in [-0.15, -0.1) is 11.3 Å². The average Bonchev–Trinajstić information content (AvgIpc) is 3.26. The van der Waals surface area contributed by atoms with Gasteiger partial charge in [-0.2, -0.15) is 0 Å². The average molecular weight is 333 g/mol. The van der Waals surface area contributed by atoms with Crippen LogP contribution in [0.15, 0.2) is 23.6 Å². The first-order chi connectivity index (χ1) is 11.2. The molecule has 23 heavy (non-hydrogen) atoms. The zero-order valence-electron chi connectivity index (χ0n) is 13.1. The lowest BCUT2D eigenvalue weighted by Crippen LogP contribution is -2.24. The van der Waals surface area contributed by atoms with Crippen molar-refractivity contribution in [3.63, 3.8) is 0 Å². The molecule has 3 rings (SSSR count). The molecule has 0 radical (unpaired) electrons. The van der Waals surface area contributed by atoms with Crippen LogP contribution in [0.5, 0.6) is 11.5 Å². The summed E-state index contributed by atoms with van der Waals surface area (Å²) in [6.07, 6.45) is 0.869. The van der Waals surface area contributed by atoms with Gasteiger partial charge in [0.25, 0.3) is 0 Å². The van der Waals surface area contributed by atoms with Crippen LogP contribution in [0.25, 0.3) is 11.3 Å². The topological polar surface area (TPSA) is 72.5 Å². The molecule has 1 aromatic heterocycles. The summed E-state index contributed by atoms with van der Waals surface area (Å²) in [5.41, 5.74) is 1.59. The number of thiazole rings is 1. The number of methoxy groups -OCH3 is 2. The molecule has 2 aromatic rings. The standard InChI is InChI=1S/C16H19N3O3S/c1-21-11-3-4-14(22-2)12(7-11)13-9-23-16(18-13)19-15(20)10-5-6-17-8-10/h3-4,7,9-10,17H,5-6,8H2,1-2H3,(H,18,19,20). The van der Waals surface area contributed by atoms with E-state index in [1.165, 1.54) is 11.3 Å². The van der Waals surface area contributed by atoms with Gasteiger partial charge in [0.1, 0.15) is 11.5 Å². The second kappa shape index (κ2) is 6.97. The highest BCUT2D eigenvalue weighted by atomic mass is 32.1. The number of carbonyl (C=O) groups excluding carboxylic acids is 1. The van der Waals surface area contributed by atoms with Crippen LogP contribution in [0.4, 0.5) is 5.13 Å². The second-order valence-corrected chi connectivity index (χ2v) is 6.14. The molecule has 1 unspecified atom stereocenters. The molecule has 7 heteroatoms. The summed E-state index contributed by atoms with van der Waals surface area (Å²) >= 11 is 1.40. The largest absolute Gasteiger partial charge is 0.497 e. The number of nitrogens with zero attached hydrogens (tertiary/aromatic N) is 1. The third kappa shape index (κ3) is 3.46. The zero-order valence-corrected chi connectivity index (χ0v) is 13.9. The van der Waals surface area contributed by atoms with Gasteiger partial charge in [0.05, 0.1) is 25.8 Å². The molecule has 122 valence electrons. The minimum absolute atomic E-state index is 0.0218. The van der Waals surface area contributed by atoms with Crippen LogP contribution < -0.4 is 20.1 Å². The van der Waals surface area contributed by atoms with E-state index in [0.29, 0.717) is 10.9 Å². The number of aromatic nitrogens is 1. The SMILES string of the molecule is COc1ccc(OC)c(-c2csc(NC(=O)C3CCNC3)n2)c1. The number of benzene rings is 1. The first kappa shape index (κ1) is 15.8. The van der Waals surface area contributed by atoms with Crippen molar-refractivity contribution in [2.75, 3.05) is 32.6 Å². The Morgan fingerprint density at radius 3 is 2.96 bits per heavy atom. The molecule has 2 heterocycles. The molecule has 0 saturated carbocycles. The molecular weight excluding hydrogens is 314 g/mol. The quantitative estimate of drug-likeness (QED) is 0.879. The van der Waals surface area contributed by atoms with E-state index in [1.54, 1.807) is 14.2 Å². The van der Waals surface area contributed by atoms with Gasteiger partial charge in [-0.1, -0.05) is 0 Å². The molecule has 1 aliphatic rings. The van der Waals surface area contributed by atoms with Crippen molar-refractivity contribution in [1.29, 1.82) is 0 Å². The Balaban J connectivity index is 1.80. The molecule has 0 bridgehead atoms. The Morgan fingerprint density at radius 2 is 2.26 bits per heavy atom. The highest BCUT2D eigenvalue weighted by molar-refractivity contribution is 7.14. The molecule has 6 nitrogen and oxygen atoms in total. The summed E-state index contributed by atoms with van der Waals surface area (Å²) in [5.74, 6) is 1.49. The van der Waals surface area contributed by atoms with Gasteiger partial charge in [0.15, 0.2) is 5.13 Å².